The molecule has 0 saturated carbocycles. The van der Waals surface area contributed by atoms with Gasteiger partial charge >= 0.3 is 0 Å². The molecule has 0 saturated heterocycles. The van der Waals surface area contributed by atoms with Crippen molar-refractivity contribution in [1.29, 1.82) is 0 Å². The number of amides is 1. The van der Waals surface area contributed by atoms with E-state index >= 15 is 0 Å². The van der Waals surface area contributed by atoms with Crippen molar-refractivity contribution >= 4 is 34.8 Å². The topological polar surface area (TPSA) is 72.2 Å². The number of carbonyl (C=O) groups excluding carboxylic acids is 1. The summed E-state index contributed by atoms with van der Waals surface area (Å²) in [6.45, 7) is 3.89. The average molecular weight is 410 g/mol. The van der Waals surface area contributed by atoms with Crippen LogP contribution in [0.3, 0.4) is 0 Å². The molecule has 0 aliphatic rings. The summed E-state index contributed by atoms with van der Waals surface area (Å²) in [6, 6.07) is 15.8. The van der Waals surface area contributed by atoms with Gasteiger partial charge in [0.25, 0.3) is 5.78 Å². The van der Waals surface area contributed by atoms with Crippen molar-refractivity contribution in [3.8, 4) is 0 Å². The Kier molecular flexibility index (Phi) is 5.40. The Labute approximate surface area is 171 Å². The first kappa shape index (κ1) is 18.6. The molecule has 0 radical (unpaired) electrons. The van der Waals surface area contributed by atoms with Crippen molar-refractivity contribution in [3.05, 3.63) is 75.7 Å². The number of thiophene rings is 1. The molecule has 1 N–H and O–H groups in total. The Hall–Kier alpha value is -2.71. The lowest BCUT2D eigenvalue weighted by molar-refractivity contribution is -0.119. The third-order valence-corrected chi connectivity index (χ3v) is 5.97. The van der Waals surface area contributed by atoms with Crippen LogP contribution in [0.15, 0.2) is 59.1 Å². The monoisotopic (exact) mass is 409 g/mol. The number of fused-ring (bicyclic) bond motifs is 1. The maximum atomic E-state index is 12.6. The zero-order valence-electron chi connectivity index (χ0n) is 15.5. The Bertz CT molecular complexity index is 1090. The van der Waals surface area contributed by atoms with Gasteiger partial charge in [0.05, 0.1) is 11.8 Å². The van der Waals surface area contributed by atoms with Crippen molar-refractivity contribution in [1.82, 2.24) is 24.9 Å². The Morgan fingerprint density at radius 2 is 2.00 bits per heavy atom. The third-order valence-electron chi connectivity index (χ3n) is 4.20. The molecule has 1 amide bonds. The molecule has 0 aliphatic heterocycles. The molecule has 3 heterocycles. The van der Waals surface area contributed by atoms with Crippen LogP contribution in [0.1, 0.15) is 27.9 Å². The van der Waals surface area contributed by atoms with Crippen LogP contribution in [0.25, 0.3) is 5.78 Å². The number of nitrogens with one attached hydrogen (secondary N) is 1. The minimum absolute atomic E-state index is 0.0630. The number of thioether (sulfide) groups is 1. The first-order valence-electron chi connectivity index (χ1n) is 8.81. The van der Waals surface area contributed by atoms with Crippen LogP contribution in [0, 0.1) is 13.8 Å². The summed E-state index contributed by atoms with van der Waals surface area (Å²) in [7, 11) is 0. The standard InChI is InChI=1S/C20H19N5OS2/c1-13-11-14(2)25-19(21-13)23-20(24-25)28-12-17(26)22-18(16-9-6-10-27-16)15-7-4-3-5-8-15/h3-11,18H,12H2,1-2H3,(H,22,26)/t18-/m0/s1. The van der Waals surface area contributed by atoms with Crippen LogP contribution in [0.4, 0.5) is 0 Å². The van der Waals surface area contributed by atoms with E-state index in [1.54, 1.807) is 15.9 Å². The maximum absolute atomic E-state index is 12.6. The minimum Gasteiger partial charge on any atom is -0.344 e. The van der Waals surface area contributed by atoms with E-state index < -0.39 is 0 Å². The van der Waals surface area contributed by atoms with Gasteiger partial charge in [0.1, 0.15) is 0 Å². The lowest BCUT2D eigenvalue weighted by Crippen LogP contribution is -2.30. The molecule has 3 aromatic heterocycles. The quantitative estimate of drug-likeness (QED) is 0.491. The molecule has 0 bridgehead atoms. The Balaban J connectivity index is 1.46. The highest BCUT2D eigenvalue weighted by molar-refractivity contribution is 7.99. The van der Waals surface area contributed by atoms with E-state index in [-0.39, 0.29) is 17.7 Å². The van der Waals surface area contributed by atoms with Gasteiger partial charge in [-0.15, -0.1) is 16.4 Å². The third kappa shape index (κ3) is 4.07. The molecule has 6 nitrogen and oxygen atoms in total. The zero-order valence-corrected chi connectivity index (χ0v) is 17.1. The number of aryl methyl sites for hydroxylation is 2. The van der Waals surface area contributed by atoms with Crippen LogP contribution < -0.4 is 5.32 Å². The largest absolute Gasteiger partial charge is 0.344 e. The number of hydrogen-bond acceptors (Lipinski definition) is 6. The predicted octanol–water partition coefficient (Wildman–Crippen LogP) is 3.80. The average Bonchev–Trinajstić information content (AvgIpc) is 3.35. The van der Waals surface area contributed by atoms with E-state index in [1.807, 2.05) is 67.8 Å². The van der Waals surface area contributed by atoms with Crippen LogP contribution >= 0.6 is 23.1 Å². The highest BCUT2D eigenvalue weighted by Gasteiger charge is 2.18. The molecule has 1 atom stereocenters. The second-order valence-electron chi connectivity index (χ2n) is 6.36. The number of benzene rings is 1. The van der Waals surface area contributed by atoms with Gasteiger partial charge in [-0.3, -0.25) is 4.79 Å². The summed E-state index contributed by atoms with van der Waals surface area (Å²) in [4.78, 5) is 22.5. The first-order chi connectivity index (χ1) is 13.6. The van der Waals surface area contributed by atoms with Crippen molar-refractivity contribution in [2.24, 2.45) is 0 Å². The molecule has 0 spiro atoms. The van der Waals surface area contributed by atoms with Gasteiger partial charge in [-0.25, -0.2) is 9.50 Å². The molecule has 1 aromatic carbocycles. The molecule has 0 aliphatic carbocycles. The molecule has 8 heteroatoms. The van der Waals surface area contributed by atoms with Crippen LogP contribution in [0.5, 0.6) is 0 Å². The van der Waals surface area contributed by atoms with Gasteiger partial charge in [0, 0.05) is 16.3 Å². The van der Waals surface area contributed by atoms with E-state index in [9.17, 15) is 4.79 Å². The highest BCUT2D eigenvalue weighted by atomic mass is 32.2. The summed E-state index contributed by atoms with van der Waals surface area (Å²) in [5.41, 5.74) is 2.92. The van der Waals surface area contributed by atoms with Gasteiger partial charge in [-0.05, 0) is 36.9 Å². The summed E-state index contributed by atoms with van der Waals surface area (Å²) < 4.78 is 1.70. The van der Waals surface area contributed by atoms with Gasteiger partial charge in [0.2, 0.25) is 11.1 Å². The summed E-state index contributed by atoms with van der Waals surface area (Å²) in [5.74, 6) is 0.733. The van der Waals surface area contributed by atoms with Crippen LogP contribution in [-0.2, 0) is 4.79 Å². The molecule has 0 fully saturated rings. The van der Waals surface area contributed by atoms with Crippen molar-refractivity contribution in [2.45, 2.75) is 25.0 Å². The van der Waals surface area contributed by atoms with E-state index in [2.05, 4.69) is 20.4 Å². The van der Waals surface area contributed by atoms with E-state index in [1.165, 1.54) is 11.8 Å². The van der Waals surface area contributed by atoms with E-state index in [4.69, 9.17) is 0 Å². The molecule has 142 valence electrons. The summed E-state index contributed by atoms with van der Waals surface area (Å²) in [6.07, 6.45) is 0. The fourth-order valence-electron chi connectivity index (χ4n) is 2.96. The number of nitrogens with zero attached hydrogens (tertiary/aromatic N) is 4. The van der Waals surface area contributed by atoms with Crippen LogP contribution in [-0.4, -0.2) is 31.2 Å². The predicted molar refractivity (Wildman–Crippen MR) is 112 cm³/mol. The number of aromatic nitrogens is 4. The molecule has 28 heavy (non-hydrogen) atoms. The summed E-state index contributed by atoms with van der Waals surface area (Å²) in [5, 5.41) is 10.1. The lowest BCUT2D eigenvalue weighted by atomic mass is 10.1. The number of rotatable bonds is 6. The molecule has 4 rings (SSSR count). The van der Waals surface area contributed by atoms with E-state index in [0.29, 0.717) is 10.9 Å². The van der Waals surface area contributed by atoms with Gasteiger partial charge < -0.3 is 5.32 Å². The maximum Gasteiger partial charge on any atom is 0.253 e. The lowest BCUT2D eigenvalue weighted by Gasteiger charge is -2.17. The van der Waals surface area contributed by atoms with Crippen molar-refractivity contribution in [3.63, 3.8) is 0 Å². The number of carbonyl (C=O) groups is 1. The van der Waals surface area contributed by atoms with Crippen molar-refractivity contribution < 1.29 is 4.79 Å². The van der Waals surface area contributed by atoms with Crippen LogP contribution in [0.2, 0.25) is 0 Å². The smallest absolute Gasteiger partial charge is 0.253 e. The highest BCUT2D eigenvalue weighted by Crippen LogP contribution is 2.26. The second-order valence-corrected chi connectivity index (χ2v) is 8.28. The normalized spacial score (nSPS) is 12.2. The Morgan fingerprint density at radius 3 is 2.75 bits per heavy atom. The molecule has 4 aromatic rings. The van der Waals surface area contributed by atoms with Crippen molar-refractivity contribution in [2.75, 3.05) is 5.75 Å². The molecular weight excluding hydrogens is 390 g/mol. The molecule has 0 unspecified atom stereocenters. The first-order valence-corrected chi connectivity index (χ1v) is 10.7. The fourth-order valence-corrected chi connectivity index (χ4v) is 4.39. The second kappa shape index (κ2) is 8.12. The van der Waals surface area contributed by atoms with Gasteiger partial charge in [-0.1, -0.05) is 48.2 Å². The SMILES string of the molecule is Cc1cc(C)n2nc(SCC(=O)N[C@@H](c3ccccc3)c3cccs3)nc2n1. The fraction of sp³-hybridized carbons (Fsp3) is 0.200. The minimum atomic E-state index is -0.158. The number of hydrogen-bond donors (Lipinski definition) is 1. The molecular formula is C20H19N5OS2. The van der Waals surface area contributed by atoms with Gasteiger partial charge in [0.15, 0.2) is 0 Å². The van der Waals surface area contributed by atoms with E-state index in [0.717, 1.165) is 21.8 Å². The zero-order chi connectivity index (χ0) is 19.5. The Morgan fingerprint density at radius 1 is 1.18 bits per heavy atom. The summed E-state index contributed by atoms with van der Waals surface area (Å²) >= 11 is 2.94. The van der Waals surface area contributed by atoms with Gasteiger partial charge in [-0.2, -0.15) is 4.98 Å².